The van der Waals surface area contributed by atoms with Crippen LogP contribution in [0.2, 0.25) is 0 Å². The summed E-state index contributed by atoms with van der Waals surface area (Å²) in [6, 6.07) is 8.17. The van der Waals surface area contributed by atoms with Gasteiger partial charge in [-0.3, -0.25) is 0 Å². The maximum atomic E-state index is 5.62. The topological polar surface area (TPSA) is 18.5 Å². The van der Waals surface area contributed by atoms with Gasteiger partial charge in [-0.2, -0.15) is 0 Å². The number of benzene rings is 1. The molecule has 0 amide bonds. The average molecular weight is 236 g/mol. The van der Waals surface area contributed by atoms with Crippen LogP contribution in [0, 0.1) is 0 Å². The zero-order chi connectivity index (χ0) is 12.3. The normalized spacial score (nSPS) is 10.5. The predicted octanol–water partition coefficient (Wildman–Crippen LogP) is 3.83. The molecule has 1 aromatic carbocycles. The van der Waals surface area contributed by atoms with Crippen molar-refractivity contribution in [3.05, 3.63) is 29.8 Å². The lowest BCUT2D eigenvalue weighted by molar-refractivity contribution is 0.133. The lowest BCUT2D eigenvalue weighted by Crippen LogP contribution is -2.00. The summed E-state index contributed by atoms with van der Waals surface area (Å²) in [5.41, 5.74) is 1.28. The second-order valence-corrected chi connectivity index (χ2v) is 4.27. The molecule has 0 aliphatic heterocycles. The first kappa shape index (κ1) is 14.0. The van der Waals surface area contributed by atoms with E-state index < -0.39 is 0 Å². The molecule has 0 atom stereocenters. The Morgan fingerprint density at radius 1 is 1.06 bits per heavy atom. The van der Waals surface area contributed by atoms with E-state index in [2.05, 4.69) is 19.1 Å². The summed E-state index contributed by atoms with van der Waals surface area (Å²) in [5.74, 6) is 0.922. The van der Waals surface area contributed by atoms with Crippen molar-refractivity contribution in [3.63, 3.8) is 0 Å². The highest BCUT2D eigenvalue weighted by molar-refractivity contribution is 5.28. The van der Waals surface area contributed by atoms with Gasteiger partial charge < -0.3 is 9.47 Å². The molecule has 0 aliphatic carbocycles. The van der Waals surface area contributed by atoms with E-state index in [0.29, 0.717) is 0 Å². The van der Waals surface area contributed by atoms with Crippen molar-refractivity contribution in [2.45, 2.75) is 39.0 Å². The van der Waals surface area contributed by atoms with Gasteiger partial charge in [0.2, 0.25) is 0 Å². The summed E-state index contributed by atoms with van der Waals surface area (Å²) in [6.45, 7) is 3.92. The SMILES string of the molecule is CCCCCCOCCc1cccc(OC)c1. The summed E-state index contributed by atoms with van der Waals surface area (Å²) in [4.78, 5) is 0. The van der Waals surface area contributed by atoms with Crippen molar-refractivity contribution >= 4 is 0 Å². The molecule has 2 nitrogen and oxygen atoms in total. The maximum absolute atomic E-state index is 5.62. The third kappa shape index (κ3) is 6.32. The lowest BCUT2D eigenvalue weighted by atomic mass is 10.1. The van der Waals surface area contributed by atoms with Crippen molar-refractivity contribution in [2.24, 2.45) is 0 Å². The van der Waals surface area contributed by atoms with Crippen LogP contribution in [-0.4, -0.2) is 20.3 Å². The van der Waals surface area contributed by atoms with Crippen LogP contribution in [0.5, 0.6) is 5.75 Å². The molecule has 96 valence electrons. The average Bonchev–Trinajstić information content (AvgIpc) is 2.38. The van der Waals surface area contributed by atoms with Crippen LogP contribution in [0.3, 0.4) is 0 Å². The Balaban J connectivity index is 2.09. The van der Waals surface area contributed by atoms with Crippen LogP contribution in [0.15, 0.2) is 24.3 Å². The Labute approximate surface area is 105 Å². The maximum Gasteiger partial charge on any atom is 0.119 e. The Morgan fingerprint density at radius 3 is 2.71 bits per heavy atom. The molecule has 0 saturated carbocycles. The second-order valence-electron chi connectivity index (χ2n) is 4.27. The van der Waals surface area contributed by atoms with Gasteiger partial charge in [-0.05, 0) is 30.5 Å². The van der Waals surface area contributed by atoms with Gasteiger partial charge in [-0.15, -0.1) is 0 Å². The van der Waals surface area contributed by atoms with E-state index in [1.165, 1.54) is 31.2 Å². The molecule has 0 unspecified atom stereocenters. The fourth-order valence-corrected chi connectivity index (χ4v) is 1.75. The van der Waals surface area contributed by atoms with Crippen LogP contribution < -0.4 is 4.74 Å². The number of hydrogen-bond acceptors (Lipinski definition) is 2. The summed E-state index contributed by atoms with van der Waals surface area (Å²) >= 11 is 0. The molecule has 2 heteroatoms. The van der Waals surface area contributed by atoms with Gasteiger partial charge in [-0.1, -0.05) is 38.3 Å². The van der Waals surface area contributed by atoms with Crippen molar-refractivity contribution in [3.8, 4) is 5.75 Å². The molecule has 0 aliphatic rings. The number of unbranched alkanes of at least 4 members (excludes halogenated alkanes) is 3. The highest BCUT2D eigenvalue weighted by atomic mass is 16.5. The quantitative estimate of drug-likeness (QED) is 0.607. The van der Waals surface area contributed by atoms with E-state index in [0.717, 1.165) is 25.4 Å². The first-order valence-corrected chi connectivity index (χ1v) is 6.57. The van der Waals surface area contributed by atoms with Gasteiger partial charge in [0.05, 0.1) is 13.7 Å². The molecular weight excluding hydrogens is 212 g/mol. The Kier molecular flexibility index (Phi) is 7.48. The molecule has 0 saturated heterocycles. The van der Waals surface area contributed by atoms with E-state index in [9.17, 15) is 0 Å². The molecule has 0 spiro atoms. The fraction of sp³-hybridized carbons (Fsp3) is 0.600. The van der Waals surface area contributed by atoms with Crippen LogP contribution in [0.25, 0.3) is 0 Å². The lowest BCUT2D eigenvalue weighted by Gasteiger charge is -2.06. The van der Waals surface area contributed by atoms with Gasteiger partial charge in [0, 0.05) is 6.61 Å². The van der Waals surface area contributed by atoms with E-state index in [1.807, 2.05) is 12.1 Å². The monoisotopic (exact) mass is 236 g/mol. The van der Waals surface area contributed by atoms with Gasteiger partial charge >= 0.3 is 0 Å². The van der Waals surface area contributed by atoms with Crippen LogP contribution in [0.1, 0.15) is 38.2 Å². The summed E-state index contributed by atoms with van der Waals surface area (Å²) < 4.78 is 10.8. The molecule has 1 aromatic rings. The molecule has 1 rings (SSSR count). The third-order valence-corrected chi connectivity index (χ3v) is 2.81. The highest BCUT2D eigenvalue weighted by Crippen LogP contribution is 2.12. The zero-order valence-electron chi connectivity index (χ0n) is 11.1. The first-order valence-electron chi connectivity index (χ1n) is 6.57. The van der Waals surface area contributed by atoms with Crippen LogP contribution >= 0.6 is 0 Å². The molecule has 0 fully saturated rings. The zero-order valence-corrected chi connectivity index (χ0v) is 11.1. The van der Waals surface area contributed by atoms with Crippen molar-refractivity contribution < 1.29 is 9.47 Å². The standard InChI is InChI=1S/C15H24O2/c1-3-4-5-6-11-17-12-10-14-8-7-9-15(13-14)16-2/h7-9,13H,3-6,10-12H2,1-2H3. The summed E-state index contributed by atoms with van der Waals surface area (Å²) in [7, 11) is 1.70. The number of rotatable bonds is 9. The molecule has 0 radical (unpaired) electrons. The van der Waals surface area contributed by atoms with Crippen molar-refractivity contribution in [2.75, 3.05) is 20.3 Å². The van der Waals surface area contributed by atoms with Gasteiger partial charge in [0.1, 0.15) is 5.75 Å². The molecule has 0 bridgehead atoms. The molecule has 0 heterocycles. The van der Waals surface area contributed by atoms with E-state index in [4.69, 9.17) is 9.47 Å². The summed E-state index contributed by atoms with van der Waals surface area (Å²) in [5, 5.41) is 0. The Hall–Kier alpha value is -1.02. The highest BCUT2D eigenvalue weighted by Gasteiger charge is 1.96. The minimum atomic E-state index is 0.805. The molecule has 0 N–H and O–H groups in total. The van der Waals surface area contributed by atoms with E-state index in [1.54, 1.807) is 7.11 Å². The van der Waals surface area contributed by atoms with E-state index in [-0.39, 0.29) is 0 Å². The van der Waals surface area contributed by atoms with E-state index >= 15 is 0 Å². The van der Waals surface area contributed by atoms with Crippen LogP contribution in [0.4, 0.5) is 0 Å². The van der Waals surface area contributed by atoms with Crippen LogP contribution in [-0.2, 0) is 11.2 Å². The number of ether oxygens (including phenoxy) is 2. The third-order valence-electron chi connectivity index (χ3n) is 2.81. The van der Waals surface area contributed by atoms with Gasteiger partial charge in [0.15, 0.2) is 0 Å². The smallest absolute Gasteiger partial charge is 0.119 e. The minimum Gasteiger partial charge on any atom is -0.497 e. The second kappa shape index (κ2) is 9.06. The number of hydrogen-bond donors (Lipinski definition) is 0. The minimum absolute atomic E-state index is 0.805. The van der Waals surface area contributed by atoms with Crippen molar-refractivity contribution in [1.82, 2.24) is 0 Å². The Morgan fingerprint density at radius 2 is 1.94 bits per heavy atom. The molecule has 17 heavy (non-hydrogen) atoms. The first-order chi connectivity index (χ1) is 8.36. The Bertz CT molecular complexity index is 297. The largest absolute Gasteiger partial charge is 0.497 e. The predicted molar refractivity (Wildman–Crippen MR) is 71.7 cm³/mol. The molecular formula is C15H24O2. The van der Waals surface area contributed by atoms with Crippen molar-refractivity contribution in [1.29, 1.82) is 0 Å². The summed E-state index contributed by atoms with van der Waals surface area (Å²) in [6.07, 6.45) is 6.04. The van der Waals surface area contributed by atoms with Gasteiger partial charge in [-0.25, -0.2) is 0 Å². The number of methoxy groups -OCH3 is 1. The fourth-order valence-electron chi connectivity index (χ4n) is 1.75. The molecule has 0 aromatic heterocycles. The van der Waals surface area contributed by atoms with Gasteiger partial charge in [0.25, 0.3) is 0 Å².